The molecule has 1 aliphatic rings. The first-order chi connectivity index (χ1) is 15.7. The van der Waals surface area contributed by atoms with Crippen LogP contribution in [0.25, 0.3) is 0 Å². The highest BCUT2D eigenvalue weighted by molar-refractivity contribution is 7.89. The Kier molecular flexibility index (Phi) is 9.50. The van der Waals surface area contributed by atoms with Crippen LogP contribution in [0.5, 0.6) is 0 Å². The predicted octanol–water partition coefficient (Wildman–Crippen LogP) is 2.64. The number of hydrogen-bond acceptors (Lipinski definition) is 6. The Morgan fingerprint density at radius 1 is 1.18 bits per heavy atom. The van der Waals surface area contributed by atoms with Crippen LogP contribution < -0.4 is 10.6 Å². The fourth-order valence-electron chi connectivity index (χ4n) is 3.92. The number of aliphatic hydroxyl groups is 1. The molecular formula is C24H39N3O6S. The van der Waals surface area contributed by atoms with E-state index in [9.17, 15) is 23.1 Å². The molecule has 1 saturated heterocycles. The van der Waals surface area contributed by atoms with Gasteiger partial charge in [-0.15, -0.1) is 0 Å². The minimum Gasteiger partial charge on any atom is -0.444 e. The molecule has 2 rings (SSSR count). The summed E-state index contributed by atoms with van der Waals surface area (Å²) in [7, 11) is -3.80. The van der Waals surface area contributed by atoms with Crippen molar-refractivity contribution < 1.29 is 27.9 Å². The monoisotopic (exact) mass is 497 g/mol. The number of ether oxygens (including phenoxy) is 1. The van der Waals surface area contributed by atoms with Gasteiger partial charge in [-0.1, -0.05) is 32.0 Å². The van der Waals surface area contributed by atoms with Crippen molar-refractivity contribution in [3.8, 4) is 0 Å². The first-order valence-electron chi connectivity index (χ1n) is 11.8. The zero-order valence-electron chi connectivity index (χ0n) is 20.9. The summed E-state index contributed by atoms with van der Waals surface area (Å²) in [4.78, 5) is 25.5. The molecule has 4 atom stereocenters. The molecule has 10 heteroatoms. The lowest BCUT2D eigenvalue weighted by molar-refractivity contribution is -0.125. The van der Waals surface area contributed by atoms with Crippen molar-refractivity contribution in [2.24, 2.45) is 5.92 Å². The average Bonchev–Trinajstić information content (AvgIpc) is 2.86. The number of rotatable bonds is 7. The number of nitrogens with zero attached hydrogens (tertiary/aromatic N) is 1. The van der Waals surface area contributed by atoms with E-state index < -0.39 is 45.8 Å². The third kappa shape index (κ3) is 7.95. The quantitative estimate of drug-likeness (QED) is 0.532. The summed E-state index contributed by atoms with van der Waals surface area (Å²) < 4.78 is 32.9. The molecule has 1 aliphatic heterocycles. The molecule has 0 bridgehead atoms. The van der Waals surface area contributed by atoms with Crippen molar-refractivity contribution in [1.29, 1.82) is 0 Å². The molecule has 34 heavy (non-hydrogen) atoms. The number of sulfonamides is 1. The van der Waals surface area contributed by atoms with E-state index in [0.717, 1.165) is 0 Å². The Morgan fingerprint density at radius 3 is 2.35 bits per heavy atom. The first-order valence-corrected chi connectivity index (χ1v) is 13.2. The van der Waals surface area contributed by atoms with Crippen molar-refractivity contribution in [3.63, 3.8) is 0 Å². The lowest BCUT2D eigenvalue weighted by Gasteiger charge is -2.29. The van der Waals surface area contributed by atoms with Crippen molar-refractivity contribution >= 4 is 22.0 Å². The third-order valence-electron chi connectivity index (χ3n) is 5.61. The van der Waals surface area contributed by atoms with E-state index in [-0.39, 0.29) is 23.4 Å². The lowest BCUT2D eigenvalue weighted by Crippen LogP contribution is -2.54. The minimum atomic E-state index is -3.80. The Hall–Kier alpha value is -2.17. The summed E-state index contributed by atoms with van der Waals surface area (Å²) >= 11 is 0. The van der Waals surface area contributed by atoms with Crippen molar-refractivity contribution in [3.05, 3.63) is 30.3 Å². The second-order valence-electron chi connectivity index (χ2n) is 10.3. The normalized spacial score (nSPS) is 23.1. The summed E-state index contributed by atoms with van der Waals surface area (Å²) in [6.45, 7) is 10.7. The van der Waals surface area contributed by atoms with Crippen LogP contribution in [0.2, 0.25) is 0 Å². The smallest absolute Gasteiger partial charge is 0.408 e. The van der Waals surface area contributed by atoms with Gasteiger partial charge in [-0.25, -0.2) is 13.2 Å². The maximum absolute atomic E-state index is 13.2. The highest BCUT2D eigenvalue weighted by Gasteiger charge is 2.38. The van der Waals surface area contributed by atoms with Crippen LogP contribution in [0, 0.1) is 5.92 Å². The van der Waals surface area contributed by atoms with Crippen LogP contribution in [0.15, 0.2) is 35.2 Å². The van der Waals surface area contributed by atoms with Gasteiger partial charge in [0.25, 0.3) is 0 Å². The lowest BCUT2D eigenvalue weighted by atomic mass is 10.0. The average molecular weight is 498 g/mol. The Morgan fingerprint density at radius 2 is 1.79 bits per heavy atom. The molecule has 0 radical (unpaired) electrons. The van der Waals surface area contributed by atoms with Gasteiger partial charge >= 0.3 is 6.09 Å². The van der Waals surface area contributed by atoms with E-state index in [4.69, 9.17) is 4.74 Å². The van der Waals surface area contributed by atoms with E-state index in [1.54, 1.807) is 45.9 Å². The van der Waals surface area contributed by atoms with Crippen LogP contribution in [0.3, 0.4) is 0 Å². The van der Waals surface area contributed by atoms with Crippen molar-refractivity contribution in [2.75, 3.05) is 6.54 Å². The second kappa shape index (κ2) is 11.5. The molecule has 3 N–H and O–H groups in total. The zero-order valence-corrected chi connectivity index (χ0v) is 21.8. The van der Waals surface area contributed by atoms with Crippen LogP contribution in [-0.2, 0) is 19.6 Å². The van der Waals surface area contributed by atoms with E-state index in [1.165, 1.54) is 16.4 Å². The molecule has 192 valence electrons. The molecule has 1 heterocycles. The van der Waals surface area contributed by atoms with Gasteiger partial charge < -0.3 is 20.5 Å². The van der Waals surface area contributed by atoms with Crippen LogP contribution in [0.4, 0.5) is 4.79 Å². The number of amides is 2. The number of alkyl carbamates (subject to hydrolysis) is 1. The first kappa shape index (κ1) is 28.1. The van der Waals surface area contributed by atoms with Crippen LogP contribution >= 0.6 is 0 Å². The molecule has 1 fully saturated rings. The summed E-state index contributed by atoms with van der Waals surface area (Å²) in [6, 6.07) is 6.25. The molecule has 2 amide bonds. The molecule has 0 spiro atoms. The van der Waals surface area contributed by atoms with Crippen LogP contribution in [0.1, 0.15) is 60.8 Å². The van der Waals surface area contributed by atoms with Gasteiger partial charge in [-0.05, 0) is 65.0 Å². The van der Waals surface area contributed by atoms with E-state index in [2.05, 4.69) is 10.6 Å². The van der Waals surface area contributed by atoms with Crippen molar-refractivity contribution in [2.45, 2.75) is 95.5 Å². The van der Waals surface area contributed by atoms with Crippen molar-refractivity contribution in [1.82, 2.24) is 14.9 Å². The molecular weight excluding hydrogens is 458 g/mol. The standard InChI is InChI=1S/C24H39N3O6S/c1-16(2)14-20(26-23(30)33-24(4,5)6)22(29)25-19-13-12-17(3)27(15-21(19)28)34(31,32)18-10-8-7-9-11-18/h7-11,16-17,19-21,28H,12-15H2,1-6H3,(H,25,29)(H,26,30)/t17-,19+,20-,21-/m0/s1. The fourth-order valence-corrected chi connectivity index (χ4v) is 5.62. The maximum Gasteiger partial charge on any atom is 0.408 e. The molecule has 0 aromatic heterocycles. The molecule has 1 aromatic rings. The number of nitrogens with one attached hydrogen (secondary N) is 2. The fraction of sp³-hybridized carbons (Fsp3) is 0.667. The third-order valence-corrected chi connectivity index (χ3v) is 7.60. The molecule has 9 nitrogen and oxygen atoms in total. The SMILES string of the molecule is CC(C)C[C@H](NC(=O)OC(C)(C)C)C(=O)N[C@@H]1CC[C@H](C)N(S(=O)(=O)c2ccccc2)C[C@@H]1O. The Labute approximate surface area is 203 Å². The summed E-state index contributed by atoms with van der Waals surface area (Å²) in [6.07, 6.45) is -0.547. The largest absolute Gasteiger partial charge is 0.444 e. The molecule has 0 aliphatic carbocycles. The van der Waals surface area contributed by atoms with Gasteiger partial charge in [0.15, 0.2) is 0 Å². The second-order valence-corrected chi connectivity index (χ2v) is 12.2. The topological polar surface area (TPSA) is 125 Å². The number of carbonyl (C=O) groups excluding carboxylic acids is 2. The van der Waals surface area contributed by atoms with Gasteiger partial charge in [0.2, 0.25) is 15.9 Å². The van der Waals surface area contributed by atoms with Crippen LogP contribution in [-0.4, -0.2) is 66.2 Å². The summed E-state index contributed by atoms with van der Waals surface area (Å²) in [5, 5.41) is 16.3. The number of benzene rings is 1. The summed E-state index contributed by atoms with van der Waals surface area (Å²) in [5.74, 6) is -0.313. The van der Waals surface area contributed by atoms with Gasteiger partial charge in [-0.2, -0.15) is 4.31 Å². The van der Waals surface area contributed by atoms with E-state index in [0.29, 0.717) is 19.3 Å². The van der Waals surface area contributed by atoms with Gasteiger partial charge in [0.05, 0.1) is 17.0 Å². The van der Waals surface area contributed by atoms with E-state index in [1.807, 2.05) is 13.8 Å². The number of β-amino-alcohol motifs (C(OH)–C–C–N with tert-alkyl or cyclic N) is 1. The zero-order chi connectivity index (χ0) is 25.7. The number of aliphatic hydroxyl groups excluding tert-OH is 1. The summed E-state index contributed by atoms with van der Waals surface area (Å²) in [5.41, 5.74) is -0.704. The van der Waals surface area contributed by atoms with Gasteiger partial charge in [0.1, 0.15) is 11.6 Å². The van der Waals surface area contributed by atoms with E-state index >= 15 is 0 Å². The maximum atomic E-state index is 13.2. The van der Waals surface area contributed by atoms with Gasteiger partial charge in [-0.3, -0.25) is 4.79 Å². The molecule has 1 aromatic carbocycles. The highest BCUT2D eigenvalue weighted by Crippen LogP contribution is 2.25. The predicted molar refractivity (Wildman–Crippen MR) is 130 cm³/mol. The number of carbonyl (C=O) groups is 2. The molecule has 0 saturated carbocycles. The number of hydrogen-bond donors (Lipinski definition) is 3. The molecule has 0 unspecified atom stereocenters. The Balaban J connectivity index is 2.13. The Bertz CT molecular complexity index is 930. The highest BCUT2D eigenvalue weighted by atomic mass is 32.2. The minimum absolute atomic E-state index is 0.122. The van der Waals surface area contributed by atoms with Gasteiger partial charge in [0, 0.05) is 12.6 Å².